The average Bonchev–Trinajstić information content (AvgIpc) is 3.73. The van der Waals surface area contributed by atoms with Crippen LogP contribution in [0.2, 0.25) is 0 Å². The number of cyclic esters (lactones) is 1. The Labute approximate surface area is 366 Å². The molecule has 2 aliphatic rings. The number of carbonyl (C=O) groups excluding carboxylic acids is 8. The van der Waals surface area contributed by atoms with E-state index < -0.39 is 103 Å². The Kier molecular flexibility index (Phi) is 18.7. The van der Waals surface area contributed by atoms with Crippen molar-refractivity contribution in [2.75, 3.05) is 26.3 Å². The van der Waals surface area contributed by atoms with Crippen molar-refractivity contribution in [3.05, 3.63) is 59.7 Å². The van der Waals surface area contributed by atoms with E-state index in [1.54, 1.807) is 12.1 Å². The molecule has 2 aromatic carbocycles. The molecule has 2 fully saturated rings. The molecule has 0 aliphatic carbocycles. The highest BCUT2D eigenvalue weighted by Crippen LogP contribution is 2.21. The van der Waals surface area contributed by atoms with Gasteiger partial charge in [-0.3, -0.25) is 38.4 Å². The van der Waals surface area contributed by atoms with Crippen molar-refractivity contribution in [2.45, 2.75) is 115 Å². The van der Waals surface area contributed by atoms with Gasteiger partial charge in [0.15, 0.2) is 0 Å². The van der Waals surface area contributed by atoms with Crippen LogP contribution in [0, 0.1) is 11.8 Å². The van der Waals surface area contributed by atoms with Crippen LogP contribution in [-0.4, -0.2) is 130 Å². The molecule has 6 atom stereocenters. The number of fused-ring (bicyclic) bond motifs is 1. The number of ether oxygens (including phenoxy) is 1. The maximum Gasteiger partial charge on any atom is 0.325 e. The number of aliphatic hydroxyl groups is 1. The summed E-state index contributed by atoms with van der Waals surface area (Å²) in [4.78, 5) is 111. The zero-order chi connectivity index (χ0) is 46.2. The van der Waals surface area contributed by atoms with Crippen LogP contribution in [0.1, 0.15) is 77.3 Å². The summed E-state index contributed by atoms with van der Waals surface area (Å²) >= 11 is 0. The molecule has 63 heavy (non-hydrogen) atoms. The van der Waals surface area contributed by atoms with Gasteiger partial charge in [0.2, 0.25) is 41.4 Å². The lowest BCUT2D eigenvalue weighted by Crippen LogP contribution is -2.60. The van der Waals surface area contributed by atoms with Crippen LogP contribution >= 0.6 is 0 Å². The number of nitrogens with zero attached hydrogens (tertiary/aromatic N) is 1. The second kappa shape index (κ2) is 23.8. The zero-order valence-corrected chi connectivity index (χ0v) is 36.2. The standard InChI is InChI=1S/C44H61N7O12/c1-25(2)7-5-9-37(55)46-31(20-27-10-14-29(53)15-11-27)40(58)50-35-24-63-38(56)22-45-39(57)34(23-52)49-43(61)36-8-6-18-51(36)44(62)33(19-26(3)4)48-41(59)32(47-42(35)60)21-28-12-16-30(54)17-13-28/h10-17,25-26,31-36,52-54H,5-9,18-24H2,1-4H3,(H,45,57)(H,46,55)(H,47,60)(H,48,59)(H,49,61)(H,50,58)/t31-,32-,33+,34-,35+,36-/m0/s1. The second-order valence-electron chi connectivity index (χ2n) is 16.8. The number of aromatic hydroxyl groups is 2. The summed E-state index contributed by atoms with van der Waals surface area (Å²) in [6.45, 7) is 5.40. The van der Waals surface area contributed by atoms with Gasteiger partial charge in [0.25, 0.3) is 0 Å². The summed E-state index contributed by atoms with van der Waals surface area (Å²) in [5.74, 6) is -6.29. The monoisotopic (exact) mass is 879 g/mol. The number of phenolic OH excluding ortho intramolecular Hbond substituents is 2. The Hall–Kier alpha value is -6.24. The molecule has 0 spiro atoms. The van der Waals surface area contributed by atoms with Crippen LogP contribution in [0.5, 0.6) is 11.5 Å². The summed E-state index contributed by atoms with van der Waals surface area (Å²) < 4.78 is 5.35. The van der Waals surface area contributed by atoms with Crippen LogP contribution in [0.4, 0.5) is 0 Å². The van der Waals surface area contributed by atoms with Crippen LogP contribution in [0.3, 0.4) is 0 Å². The first-order valence-electron chi connectivity index (χ1n) is 21.3. The molecule has 0 saturated carbocycles. The highest BCUT2D eigenvalue weighted by Gasteiger charge is 2.40. The molecule has 2 heterocycles. The first-order valence-corrected chi connectivity index (χ1v) is 21.3. The molecule has 7 amide bonds. The van der Waals surface area contributed by atoms with Crippen molar-refractivity contribution < 1.29 is 58.4 Å². The van der Waals surface area contributed by atoms with E-state index in [0.717, 1.165) is 6.42 Å². The first kappa shape index (κ1) is 49.4. The number of hydrogen-bond acceptors (Lipinski definition) is 12. The minimum absolute atomic E-state index is 0.0254. The number of nitrogens with one attached hydrogen (secondary N) is 6. The van der Waals surface area contributed by atoms with E-state index in [4.69, 9.17) is 4.74 Å². The summed E-state index contributed by atoms with van der Waals surface area (Å²) in [7, 11) is 0. The third-order valence-corrected chi connectivity index (χ3v) is 10.6. The van der Waals surface area contributed by atoms with Crippen molar-refractivity contribution in [1.82, 2.24) is 36.8 Å². The predicted octanol–water partition coefficient (Wildman–Crippen LogP) is -0.164. The Morgan fingerprint density at radius 2 is 1.41 bits per heavy atom. The molecule has 0 aromatic heterocycles. The largest absolute Gasteiger partial charge is 0.508 e. The van der Waals surface area contributed by atoms with Gasteiger partial charge in [-0.15, -0.1) is 0 Å². The molecule has 9 N–H and O–H groups in total. The first-order chi connectivity index (χ1) is 29.9. The van der Waals surface area contributed by atoms with Crippen molar-refractivity contribution >= 4 is 47.3 Å². The summed E-state index contributed by atoms with van der Waals surface area (Å²) in [6.07, 6.45) is 1.98. The van der Waals surface area contributed by atoms with Gasteiger partial charge >= 0.3 is 5.97 Å². The van der Waals surface area contributed by atoms with Crippen LogP contribution < -0.4 is 31.9 Å². The highest BCUT2D eigenvalue weighted by molar-refractivity contribution is 5.98. The maximum absolute atomic E-state index is 14.3. The molecule has 2 saturated heterocycles. The highest BCUT2D eigenvalue weighted by atomic mass is 16.5. The smallest absolute Gasteiger partial charge is 0.325 e. The molecule has 0 radical (unpaired) electrons. The number of phenols is 2. The molecule has 19 nitrogen and oxygen atoms in total. The summed E-state index contributed by atoms with van der Waals surface area (Å²) in [6, 6.07) is 3.65. The van der Waals surface area contributed by atoms with Gasteiger partial charge in [-0.2, -0.15) is 0 Å². The quantitative estimate of drug-likeness (QED) is 0.112. The number of esters is 1. The zero-order valence-electron chi connectivity index (χ0n) is 36.2. The van der Waals surface area contributed by atoms with E-state index in [2.05, 4.69) is 31.9 Å². The Morgan fingerprint density at radius 1 is 0.794 bits per heavy atom. The molecule has 2 aliphatic heterocycles. The lowest BCUT2D eigenvalue weighted by molar-refractivity contribution is -0.147. The normalized spacial score (nSPS) is 22.3. The number of amides is 7. The fraction of sp³-hybridized carbons (Fsp3) is 0.545. The van der Waals surface area contributed by atoms with Crippen molar-refractivity contribution in [3.63, 3.8) is 0 Å². The van der Waals surface area contributed by atoms with Gasteiger partial charge < -0.3 is 56.9 Å². The molecular formula is C44H61N7O12. The molecular weight excluding hydrogens is 819 g/mol. The summed E-state index contributed by atoms with van der Waals surface area (Å²) in [5, 5.41) is 45.1. The van der Waals surface area contributed by atoms with Gasteiger partial charge in [-0.25, -0.2) is 0 Å². The van der Waals surface area contributed by atoms with E-state index in [1.165, 1.54) is 41.3 Å². The van der Waals surface area contributed by atoms with E-state index in [9.17, 15) is 53.7 Å². The van der Waals surface area contributed by atoms with Crippen molar-refractivity contribution in [1.29, 1.82) is 0 Å². The minimum atomic E-state index is -1.70. The molecule has 0 unspecified atom stereocenters. The van der Waals surface area contributed by atoms with Gasteiger partial charge in [-0.05, 0) is 72.9 Å². The average molecular weight is 880 g/mol. The van der Waals surface area contributed by atoms with E-state index in [0.29, 0.717) is 29.9 Å². The van der Waals surface area contributed by atoms with Crippen LogP contribution in [-0.2, 0) is 55.9 Å². The number of aliphatic hydroxyl groups excluding tert-OH is 1. The molecule has 19 heteroatoms. The van der Waals surface area contributed by atoms with Gasteiger partial charge in [0, 0.05) is 25.8 Å². The van der Waals surface area contributed by atoms with E-state index >= 15 is 0 Å². The fourth-order valence-electron chi connectivity index (χ4n) is 7.26. The van der Waals surface area contributed by atoms with E-state index in [-0.39, 0.29) is 56.1 Å². The van der Waals surface area contributed by atoms with Crippen molar-refractivity contribution in [2.24, 2.45) is 11.8 Å². The maximum atomic E-state index is 14.3. The number of rotatable bonds is 14. The van der Waals surface area contributed by atoms with Crippen LogP contribution in [0.25, 0.3) is 0 Å². The van der Waals surface area contributed by atoms with Gasteiger partial charge in [0.05, 0.1) is 6.61 Å². The van der Waals surface area contributed by atoms with Gasteiger partial charge in [-0.1, -0.05) is 58.4 Å². The van der Waals surface area contributed by atoms with E-state index in [1.807, 2.05) is 27.7 Å². The Morgan fingerprint density at radius 3 is 2.03 bits per heavy atom. The number of benzene rings is 2. The van der Waals surface area contributed by atoms with Gasteiger partial charge in [0.1, 0.15) is 60.9 Å². The molecule has 344 valence electrons. The van der Waals surface area contributed by atoms with Crippen LogP contribution in [0.15, 0.2) is 48.5 Å². The molecule has 0 bridgehead atoms. The second-order valence-corrected chi connectivity index (χ2v) is 16.8. The number of carbonyl (C=O) groups is 8. The minimum Gasteiger partial charge on any atom is -0.508 e. The third-order valence-electron chi connectivity index (χ3n) is 10.6. The molecule has 2 aromatic rings. The number of hydrogen-bond donors (Lipinski definition) is 9. The lowest BCUT2D eigenvalue weighted by atomic mass is 10.00. The Balaban J connectivity index is 1.71. The molecule has 4 rings (SSSR count). The predicted molar refractivity (Wildman–Crippen MR) is 227 cm³/mol. The third kappa shape index (κ3) is 15.6. The fourth-order valence-corrected chi connectivity index (χ4v) is 7.26. The van der Waals surface area contributed by atoms with Crippen molar-refractivity contribution in [3.8, 4) is 11.5 Å². The Bertz CT molecular complexity index is 1920. The SMILES string of the molecule is CC(C)CCCC(=O)N[C@@H](Cc1ccc(O)cc1)C(=O)N[C@@H]1COC(=O)CNC(=O)[C@H](CO)NC(=O)[C@@H]2CCCN2C(=O)[C@@H](CC(C)C)NC(=O)[C@H](Cc2ccc(O)cc2)NC1=O. The lowest BCUT2D eigenvalue weighted by Gasteiger charge is -2.31. The summed E-state index contributed by atoms with van der Waals surface area (Å²) in [5.41, 5.74) is 1.04. The topological polar surface area (TPSA) is 282 Å².